The van der Waals surface area contributed by atoms with Crippen LogP contribution in [0.25, 0.3) is 21.9 Å². The van der Waals surface area contributed by atoms with E-state index in [1.807, 2.05) is 19.1 Å². The van der Waals surface area contributed by atoms with Crippen molar-refractivity contribution < 1.29 is 19.1 Å². The fourth-order valence-electron chi connectivity index (χ4n) is 4.59. The summed E-state index contributed by atoms with van der Waals surface area (Å²) in [5, 5.41) is 11.2. The third-order valence-corrected chi connectivity index (χ3v) is 6.59. The topological polar surface area (TPSA) is 147 Å². The van der Waals surface area contributed by atoms with E-state index in [9.17, 15) is 9.18 Å². The summed E-state index contributed by atoms with van der Waals surface area (Å²) in [7, 11) is 0. The molecule has 0 radical (unpaired) electrons. The molecule has 0 saturated carbocycles. The fraction of sp³-hybridized carbons (Fsp3) is 0.308. The van der Waals surface area contributed by atoms with Crippen molar-refractivity contribution in [3.8, 4) is 0 Å². The molecule has 1 saturated heterocycles. The Morgan fingerprint density at radius 2 is 1.95 bits per heavy atom. The van der Waals surface area contributed by atoms with Crippen molar-refractivity contribution in [1.82, 2.24) is 19.9 Å². The number of carbonyl (C=O) groups is 2. The van der Waals surface area contributed by atoms with Crippen molar-refractivity contribution in [3.05, 3.63) is 59.8 Å². The largest absolute Gasteiger partial charge is 0.483 e. The summed E-state index contributed by atoms with van der Waals surface area (Å²) >= 11 is 0. The van der Waals surface area contributed by atoms with E-state index in [-0.39, 0.29) is 30.2 Å². The number of primary amides is 1. The summed E-state index contributed by atoms with van der Waals surface area (Å²) in [5.41, 5.74) is 9.08. The molecule has 4 heterocycles. The van der Waals surface area contributed by atoms with E-state index in [0.717, 1.165) is 22.3 Å². The van der Waals surface area contributed by atoms with E-state index in [2.05, 4.69) is 31.2 Å². The number of pyridine rings is 2. The molecule has 37 heavy (non-hydrogen) atoms. The van der Waals surface area contributed by atoms with Gasteiger partial charge in [-0.3, -0.25) is 14.6 Å². The van der Waals surface area contributed by atoms with E-state index in [4.69, 9.17) is 20.6 Å². The van der Waals surface area contributed by atoms with Crippen LogP contribution in [0.3, 0.4) is 0 Å². The number of nitrogens with zero attached hydrogens (tertiary/aromatic N) is 5. The number of aryl methyl sites for hydroxylation is 1. The molecule has 0 bridgehead atoms. The van der Waals surface area contributed by atoms with Gasteiger partial charge in [-0.05, 0) is 57.0 Å². The molecule has 1 aliphatic heterocycles. The first-order valence-corrected chi connectivity index (χ1v) is 11.9. The molecule has 10 nitrogen and oxygen atoms in total. The van der Waals surface area contributed by atoms with Gasteiger partial charge < -0.3 is 21.1 Å². The number of carboxylic acid groups (broad SMARTS) is 1. The summed E-state index contributed by atoms with van der Waals surface area (Å²) in [6.45, 7) is 4.83. The molecule has 1 aliphatic rings. The van der Waals surface area contributed by atoms with Gasteiger partial charge in [0.2, 0.25) is 5.91 Å². The summed E-state index contributed by atoms with van der Waals surface area (Å²) in [5.74, 6) is 0.730. The Labute approximate surface area is 212 Å². The SMILES string of the molecule is Cc1c(F)ccc2cc([C@H](C)Nc3ncnc4cccnc34)c(N3CCC(C(N)=O)CC3)nc12.O=CO. The molecule has 4 N–H and O–H groups in total. The van der Waals surface area contributed by atoms with Crippen molar-refractivity contribution in [1.29, 1.82) is 0 Å². The molecule has 0 spiro atoms. The maximum absolute atomic E-state index is 14.3. The first-order chi connectivity index (χ1) is 17.8. The molecule has 1 amide bonds. The molecule has 0 aliphatic carbocycles. The quantitative estimate of drug-likeness (QED) is 0.346. The van der Waals surface area contributed by atoms with Gasteiger partial charge in [-0.2, -0.15) is 0 Å². The number of anilines is 2. The minimum Gasteiger partial charge on any atom is -0.483 e. The van der Waals surface area contributed by atoms with E-state index in [1.165, 1.54) is 12.4 Å². The monoisotopic (exact) mass is 505 g/mol. The second-order valence-corrected chi connectivity index (χ2v) is 8.87. The number of fused-ring (bicyclic) bond motifs is 2. The lowest BCUT2D eigenvalue weighted by atomic mass is 9.95. The van der Waals surface area contributed by atoms with Crippen LogP contribution in [0.15, 0.2) is 42.9 Å². The van der Waals surface area contributed by atoms with Gasteiger partial charge in [-0.25, -0.2) is 19.3 Å². The molecule has 192 valence electrons. The highest BCUT2D eigenvalue weighted by atomic mass is 19.1. The first kappa shape index (κ1) is 25.7. The second-order valence-electron chi connectivity index (χ2n) is 8.87. The molecule has 5 rings (SSSR count). The van der Waals surface area contributed by atoms with Crippen molar-refractivity contribution >= 4 is 46.0 Å². The zero-order chi connectivity index (χ0) is 26.5. The molecule has 1 atom stereocenters. The molecule has 11 heteroatoms. The van der Waals surface area contributed by atoms with Crippen molar-refractivity contribution in [2.45, 2.75) is 32.7 Å². The number of nitrogens with one attached hydrogen (secondary N) is 1. The molecular weight excluding hydrogens is 477 g/mol. The third kappa shape index (κ3) is 5.40. The van der Waals surface area contributed by atoms with Gasteiger partial charge in [-0.1, -0.05) is 0 Å². The number of amides is 1. The highest BCUT2D eigenvalue weighted by molar-refractivity contribution is 5.87. The molecule has 0 unspecified atom stereocenters. The van der Waals surface area contributed by atoms with E-state index >= 15 is 0 Å². The molecule has 1 aromatic carbocycles. The van der Waals surface area contributed by atoms with Gasteiger partial charge in [-0.15, -0.1) is 0 Å². The number of piperidine rings is 1. The van der Waals surface area contributed by atoms with E-state index < -0.39 is 0 Å². The van der Waals surface area contributed by atoms with E-state index in [1.54, 1.807) is 19.2 Å². The zero-order valence-electron chi connectivity index (χ0n) is 20.6. The number of rotatable bonds is 5. The maximum Gasteiger partial charge on any atom is 0.290 e. The van der Waals surface area contributed by atoms with Crippen LogP contribution in [0.4, 0.5) is 16.0 Å². The lowest BCUT2D eigenvalue weighted by Gasteiger charge is -2.34. The number of benzene rings is 1. The van der Waals surface area contributed by atoms with Gasteiger partial charge >= 0.3 is 0 Å². The van der Waals surface area contributed by atoms with Crippen LogP contribution in [0.2, 0.25) is 0 Å². The average molecular weight is 506 g/mol. The minimum atomic E-state index is -0.282. The van der Waals surface area contributed by atoms with Gasteiger partial charge in [0.05, 0.1) is 17.1 Å². The number of halogens is 1. The number of carbonyl (C=O) groups excluding carboxylic acids is 1. The fourth-order valence-corrected chi connectivity index (χ4v) is 4.59. The summed E-state index contributed by atoms with van der Waals surface area (Å²) < 4.78 is 14.3. The smallest absolute Gasteiger partial charge is 0.290 e. The molecular formula is C26H28FN7O3. The Hall–Kier alpha value is -4.41. The first-order valence-electron chi connectivity index (χ1n) is 11.9. The van der Waals surface area contributed by atoms with Crippen molar-refractivity contribution in [3.63, 3.8) is 0 Å². The van der Waals surface area contributed by atoms with Gasteiger partial charge in [0.25, 0.3) is 6.47 Å². The van der Waals surface area contributed by atoms with Gasteiger partial charge in [0, 0.05) is 41.7 Å². The second kappa shape index (κ2) is 11.1. The molecule has 1 fully saturated rings. The van der Waals surface area contributed by atoms with Crippen LogP contribution >= 0.6 is 0 Å². The summed E-state index contributed by atoms with van der Waals surface area (Å²) in [4.78, 5) is 40.2. The lowest BCUT2D eigenvalue weighted by Crippen LogP contribution is -2.39. The van der Waals surface area contributed by atoms with Gasteiger partial charge in [0.15, 0.2) is 5.82 Å². The van der Waals surface area contributed by atoms with E-state index in [0.29, 0.717) is 48.3 Å². The van der Waals surface area contributed by atoms with Crippen LogP contribution in [0.1, 0.15) is 36.9 Å². The van der Waals surface area contributed by atoms with Crippen LogP contribution in [-0.2, 0) is 9.59 Å². The lowest BCUT2D eigenvalue weighted by molar-refractivity contribution is -0.123. The average Bonchev–Trinajstić information content (AvgIpc) is 2.91. The number of hydrogen-bond acceptors (Lipinski definition) is 8. The summed E-state index contributed by atoms with van der Waals surface area (Å²) in [6.07, 6.45) is 4.56. The summed E-state index contributed by atoms with van der Waals surface area (Å²) in [6, 6.07) is 8.84. The number of nitrogens with two attached hydrogens (primary N) is 1. The minimum absolute atomic E-state index is 0.131. The Bertz CT molecular complexity index is 1440. The normalized spacial score (nSPS) is 14.6. The maximum atomic E-state index is 14.3. The van der Waals surface area contributed by atoms with Gasteiger partial charge in [0.1, 0.15) is 23.5 Å². The standard InChI is InChI=1S/C25H26FN7O.CH2O2/c1-14-19(26)6-5-17-12-18(15(2)31-24-22-20(29-13-30-24)4-3-9-28-22)25(32-21(14)17)33-10-7-16(8-11-33)23(27)34;2-1-3/h3-6,9,12-13,15-16H,7-8,10-11H2,1-2H3,(H2,27,34)(H,29,30,31);1H,(H,2,3)/t15-;/m0./s1. The predicted molar refractivity (Wildman–Crippen MR) is 139 cm³/mol. The molecule has 3 aromatic heterocycles. The predicted octanol–water partition coefficient (Wildman–Crippen LogP) is 3.60. The Morgan fingerprint density at radius 3 is 2.65 bits per heavy atom. The Balaban J connectivity index is 0.00000102. The van der Waals surface area contributed by atoms with Crippen LogP contribution in [0.5, 0.6) is 0 Å². The third-order valence-electron chi connectivity index (χ3n) is 6.59. The Kier molecular flexibility index (Phi) is 7.71. The van der Waals surface area contributed by atoms with Crippen molar-refractivity contribution in [2.75, 3.05) is 23.3 Å². The number of hydrogen-bond donors (Lipinski definition) is 3. The van der Waals surface area contributed by atoms with Crippen LogP contribution < -0.4 is 16.0 Å². The highest BCUT2D eigenvalue weighted by Gasteiger charge is 2.27. The van der Waals surface area contributed by atoms with Crippen LogP contribution in [-0.4, -0.2) is 50.5 Å². The van der Waals surface area contributed by atoms with Crippen LogP contribution in [0, 0.1) is 18.7 Å². The van der Waals surface area contributed by atoms with Crippen molar-refractivity contribution in [2.24, 2.45) is 11.7 Å². The highest BCUT2D eigenvalue weighted by Crippen LogP contribution is 2.34. The zero-order valence-corrected chi connectivity index (χ0v) is 20.6. The molecule has 4 aromatic rings. The number of aromatic nitrogens is 4. The Morgan fingerprint density at radius 1 is 1.22 bits per heavy atom.